The van der Waals surface area contributed by atoms with Crippen molar-refractivity contribution in [2.45, 2.75) is 18.0 Å². The van der Waals surface area contributed by atoms with Gasteiger partial charge in [0.25, 0.3) is 0 Å². The van der Waals surface area contributed by atoms with Crippen LogP contribution in [0.3, 0.4) is 0 Å². The summed E-state index contributed by atoms with van der Waals surface area (Å²) in [6, 6.07) is 4.01. The summed E-state index contributed by atoms with van der Waals surface area (Å²) in [6.45, 7) is 0. The fourth-order valence-electron chi connectivity index (χ4n) is 4.17. The van der Waals surface area contributed by atoms with Gasteiger partial charge in [-0.05, 0) is 24.5 Å². The summed E-state index contributed by atoms with van der Waals surface area (Å²) >= 11 is 1.47. The fraction of sp³-hybridized carbons (Fsp3) is 0.500. The first-order valence-electron chi connectivity index (χ1n) is 8.47. The van der Waals surface area contributed by atoms with Crippen LogP contribution in [0, 0.1) is 11.8 Å². The first-order valence-corrected chi connectivity index (χ1v) is 9.86. The zero-order chi connectivity index (χ0) is 19.9. The molecule has 0 bridgehead atoms. The van der Waals surface area contributed by atoms with Crippen molar-refractivity contribution in [3.8, 4) is 11.5 Å². The van der Waals surface area contributed by atoms with Gasteiger partial charge in [-0.1, -0.05) is 12.1 Å². The molecule has 8 nitrogen and oxygen atoms in total. The maximum atomic E-state index is 12.8. The molecule has 0 saturated carbocycles. The van der Waals surface area contributed by atoms with Crippen molar-refractivity contribution in [1.82, 2.24) is 10.2 Å². The van der Waals surface area contributed by atoms with Gasteiger partial charge in [0.1, 0.15) is 5.54 Å². The lowest BCUT2D eigenvalue weighted by molar-refractivity contribution is -0.151. The van der Waals surface area contributed by atoms with Crippen LogP contribution in [0.1, 0.15) is 18.0 Å². The summed E-state index contributed by atoms with van der Waals surface area (Å²) in [4.78, 5) is 38.8. The van der Waals surface area contributed by atoms with Gasteiger partial charge in [0.05, 0.1) is 18.9 Å². The number of fused-ring (bicyclic) bond motifs is 1. The number of likely N-dealkylation sites (tertiary alicyclic amines) is 1. The van der Waals surface area contributed by atoms with Gasteiger partial charge in [0.15, 0.2) is 11.5 Å². The number of nitrogens with zero attached hydrogens (tertiary/aromatic N) is 1. The number of aliphatic carboxylic acids is 1. The number of aromatic hydroxyl groups is 1. The number of nitrogens with one attached hydrogen (secondary N) is 1. The number of thioether (sulfide) groups is 1. The molecular formula is C18H22N2O6S. The molecule has 3 N–H and O–H groups in total. The van der Waals surface area contributed by atoms with Gasteiger partial charge < -0.3 is 14.9 Å². The predicted molar refractivity (Wildman–Crippen MR) is 98.7 cm³/mol. The molecule has 0 radical (unpaired) electrons. The average molecular weight is 394 g/mol. The monoisotopic (exact) mass is 394 g/mol. The fourth-order valence-corrected chi connectivity index (χ4v) is 4.69. The number of amides is 2. The van der Waals surface area contributed by atoms with Crippen LogP contribution in [0.25, 0.3) is 0 Å². The lowest BCUT2D eigenvalue weighted by Crippen LogP contribution is -2.55. The first-order chi connectivity index (χ1) is 12.8. The number of phenols is 1. The van der Waals surface area contributed by atoms with E-state index in [9.17, 15) is 24.6 Å². The zero-order valence-electron chi connectivity index (χ0n) is 15.3. The van der Waals surface area contributed by atoms with E-state index in [1.807, 2.05) is 6.26 Å². The van der Waals surface area contributed by atoms with Crippen molar-refractivity contribution < 1.29 is 29.3 Å². The standard InChI is InChI=1S/C18H22N2O6S/c1-20-15(22)11-12(16(20)23)18(17(24)25,7-8-27-3)19-13(11)9-5-4-6-10(26-2)14(9)21/h4-6,11-13,19,21H,7-8H2,1-3H3,(H,24,25)/t11-,12-,13-,18-/m0/s1. The highest BCUT2D eigenvalue weighted by atomic mass is 32.2. The Kier molecular flexibility index (Phi) is 5.09. The Morgan fingerprint density at radius 1 is 1.37 bits per heavy atom. The van der Waals surface area contributed by atoms with Crippen LogP contribution in [0.15, 0.2) is 18.2 Å². The van der Waals surface area contributed by atoms with Crippen molar-refractivity contribution in [1.29, 1.82) is 0 Å². The Labute approximate surface area is 160 Å². The molecule has 2 saturated heterocycles. The summed E-state index contributed by atoms with van der Waals surface area (Å²) in [5, 5.41) is 23.6. The lowest BCUT2D eigenvalue weighted by atomic mass is 9.78. The van der Waals surface area contributed by atoms with Crippen LogP contribution in [0.4, 0.5) is 0 Å². The highest BCUT2D eigenvalue weighted by molar-refractivity contribution is 7.98. The van der Waals surface area contributed by atoms with Gasteiger partial charge in [0, 0.05) is 18.7 Å². The third kappa shape index (κ3) is 2.76. The quantitative estimate of drug-likeness (QED) is 0.608. The molecule has 2 fully saturated rings. The van der Waals surface area contributed by atoms with Crippen molar-refractivity contribution in [2.75, 3.05) is 26.2 Å². The number of carboxylic acids is 1. The second kappa shape index (κ2) is 7.05. The Morgan fingerprint density at radius 2 is 2.07 bits per heavy atom. The van der Waals surface area contributed by atoms with Crippen LogP contribution in [-0.2, 0) is 14.4 Å². The van der Waals surface area contributed by atoms with Gasteiger partial charge in [-0.3, -0.25) is 24.6 Å². The molecule has 0 unspecified atom stereocenters. The molecule has 2 aliphatic rings. The number of carboxylic acid groups (broad SMARTS) is 1. The number of carbonyl (C=O) groups excluding carboxylic acids is 2. The number of hydrogen-bond acceptors (Lipinski definition) is 7. The number of methoxy groups -OCH3 is 1. The van der Waals surface area contributed by atoms with Gasteiger partial charge in [-0.2, -0.15) is 11.8 Å². The van der Waals surface area contributed by atoms with E-state index < -0.39 is 41.2 Å². The largest absolute Gasteiger partial charge is 0.504 e. The third-order valence-electron chi connectivity index (χ3n) is 5.54. The molecular weight excluding hydrogens is 372 g/mol. The number of ether oxygens (including phenoxy) is 1. The molecule has 0 spiro atoms. The number of para-hydroxylation sites is 1. The Morgan fingerprint density at radius 3 is 2.67 bits per heavy atom. The van der Waals surface area contributed by atoms with Crippen molar-refractivity contribution in [2.24, 2.45) is 11.8 Å². The highest BCUT2D eigenvalue weighted by Crippen LogP contribution is 2.52. The maximum Gasteiger partial charge on any atom is 0.324 e. The second-order valence-electron chi connectivity index (χ2n) is 6.78. The maximum absolute atomic E-state index is 12.8. The van der Waals surface area contributed by atoms with E-state index in [0.717, 1.165) is 4.90 Å². The van der Waals surface area contributed by atoms with Gasteiger partial charge in [-0.15, -0.1) is 0 Å². The predicted octanol–water partition coefficient (Wildman–Crippen LogP) is 0.853. The van der Waals surface area contributed by atoms with E-state index >= 15 is 0 Å². The summed E-state index contributed by atoms with van der Waals surface area (Å²) in [6.07, 6.45) is 2.03. The molecule has 3 rings (SSSR count). The topological polar surface area (TPSA) is 116 Å². The lowest BCUT2D eigenvalue weighted by Gasteiger charge is -2.30. The van der Waals surface area contributed by atoms with Gasteiger partial charge in [-0.25, -0.2) is 0 Å². The van der Waals surface area contributed by atoms with Crippen molar-refractivity contribution in [3.63, 3.8) is 0 Å². The minimum absolute atomic E-state index is 0.169. The summed E-state index contributed by atoms with van der Waals surface area (Å²) in [5.74, 6) is -3.51. The Balaban J connectivity index is 2.15. The second-order valence-corrected chi connectivity index (χ2v) is 7.76. The summed E-state index contributed by atoms with van der Waals surface area (Å²) in [5.41, 5.74) is -1.24. The molecule has 9 heteroatoms. The van der Waals surface area contributed by atoms with Crippen LogP contribution >= 0.6 is 11.8 Å². The first kappa shape index (κ1) is 19.5. The third-order valence-corrected chi connectivity index (χ3v) is 6.15. The summed E-state index contributed by atoms with van der Waals surface area (Å²) in [7, 11) is 2.77. The smallest absolute Gasteiger partial charge is 0.324 e. The van der Waals surface area contributed by atoms with E-state index in [1.165, 1.54) is 25.9 Å². The number of phenolic OH excluding ortho intramolecular Hbond substituents is 1. The van der Waals surface area contributed by atoms with E-state index in [-0.39, 0.29) is 17.9 Å². The molecule has 27 heavy (non-hydrogen) atoms. The minimum Gasteiger partial charge on any atom is -0.504 e. The van der Waals surface area contributed by atoms with Crippen LogP contribution in [-0.4, -0.2) is 64.6 Å². The van der Waals surface area contributed by atoms with E-state index in [0.29, 0.717) is 11.3 Å². The number of carbonyl (C=O) groups is 3. The molecule has 2 amide bonds. The molecule has 0 aliphatic carbocycles. The SMILES string of the molecule is COc1cccc([C@@H]2N[C@](CCSC)(C(=O)O)[C@@H]3C(=O)N(C)C(=O)[C@@H]32)c1O. The highest BCUT2D eigenvalue weighted by Gasteiger charge is 2.67. The molecule has 4 atom stereocenters. The van der Waals surface area contributed by atoms with Gasteiger partial charge >= 0.3 is 5.97 Å². The van der Waals surface area contributed by atoms with E-state index in [1.54, 1.807) is 18.2 Å². The molecule has 146 valence electrons. The molecule has 0 aromatic heterocycles. The van der Waals surface area contributed by atoms with Crippen molar-refractivity contribution >= 4 is 29.5 Å². The number of rotatable bonds is 6. The zero-order valence-corrected chi connectivity index (χ0v) is 16.1. The number of hydrogen-bond donors (Lipinski definition) is 3. The van der Waals surface area contributed by atoms with Crippen LogP contribution < -0.4 is 10.1 Å². The van der Waals surface area contributed by atoms with Crippen molar-refractivity contribution in [3.05, 3.63) is 23.8 Å². The number of benzene rings is 1. The molecule has 2 aliphatic heterocycles. The van der Waals surface area contributed by atoms with Crippen LogP contribution in [0.2, 0.25) is 0 Å². The molecule has 2 heterocycles. The molecule has 1 aromatic carbocycles. The number of imide groups is 1. The average Bonchev–Trinajstić information content (AvgIpc) is 3.11. The normalized spacial score (nSPS) is 29.9. The van der Waals surface area contributed by atoms with Crippen LogP contribution in [0.5, 0.6) is 11.5 Å². The van der Waals surface area contributed by atoms with E-state index in [4.69, 9.17) is 4.74 Å². The minimum atomic E-state index is -1.58. The molecule has 1 aromatic rings. The van der Waals surface area contributed by atoms with E-state index in [2.05, 4.69) is 5.32 Å². The Hall–Kier alpha value is -2.26. The Bertz CT molecular complexity index is 800. The summed E-state index contributed by atoms with van der Waals surface area (Å²) < 4.78 is 5.13. The van der Waals surface area contributed by atoms with Gasteiger partial charge in [0.2, 0.25) is 11.8 Å².